The van der Waals surface area contributed by atoms with Crippen LogP contribution >= 0.6 is 0 Å². The molecule has 14 nitrogen and oxygen atoms in total. The highest BCUT2D eigenvalue weighted by Crippen LogP contribution is 2.23. The van der Waals surface area contributed by atoms with Crippen LogP contribution in [0.2, 0.25) is 0 Å². The molecule has 1 saturated heterocycles. The molecule has 1 fully saturated rings. The lowest BCUT2D eigenvalue weighted by molar-refractivity contribution is -0.159. The molecule has 14 heteroatoms. The van der Waals surface area contributed by atoms with Gasteiger partial charge in [0.15, 0.2) is 0 Å². The number of aliphatic hydroxyl groups excluding tert-OH is 1. The number of hydrogen-bond acceptors (Lipinski definition) is 9. The molecule has 0 bridgehead atoms. The first-order chi connectivity index (χ1) is 21.0. The molecule has 1 atom stereocenters. The summed E-state index contributed by atoms with van der Waals surface area (Å²) in [5, 5.41) is 48.4. The number of β-amino-alcohol motifs (C(OH)–C–C–N with tert-alkyl or cyclic N) is 1. The molecular formula is C30H38N4O10. The molecule has 0 aliphatic carbocycles. The highest BCUT2D eigenvalue weighted by Gasteiger charge is 2.16. The van der Waals surface area contributed by atoms with E-state index in [2.05, 4.69) is 71.9 Å². The Kier molecular flexibility index (Phi) is 15.2. The van der Waals surface area contributed by atoms with Crippen LogP contribution in [0.5, 0.6) is 0 Å². The van der Waals surface area contributed by atoms with E-state index in [4.69, 9.17) is 49.4 Å². The van der Waals surface area contributed by atoms with E-state index in [1.807, 2.05) is 10.7 Å². The fraction of sp³-hybridized carbons (Fsp3) is 0.367. The summed E-state index contributed by atoms with van der Waals surface area (Å²) in [5.41, 5.74) is 5.81. The quantitative estimate of drug-likeness (QED) is 0.178. The molecule has 238 valence electrons. The van der Waals surface area contributed by atoms with Gasteiger partial charge in [-0.05, 0) is 17.5 Å². The molecule has 1 aliphatic heterocycles. The van der Waals surface area contributed by atoms with Crippen LogP contribution < -0.4 is 5.32 Å². The Hall–Kier alpha value is -4.63. The monoisotopic (exact) mass is 614 g/mol. The molecule has 3 aromatic rings. The summed E-state index contributed by atoms with van der Waals surface area (Å²) in [5.74, 6) is -7.30. The summed E-state index contributed by atoms with van der Waals surface area (Å²) in [6.45, 7) is 8.08. The van der Waals surface area contributed by atoms with Crippen LogP contribution in [0.3, 0.4) is 0 Å². The molecule has 44 heavy (non-hydrogen) atoms. The standard InChI is InChI=1S/C26H34N4O2.2C2H2O4/c1-2-21-8-10-23(11-9-21)26-24(19-30(28-26)18-22-6-4-3-5-7-22)16-27-17-25(31)20-29-12-14-32-15-13-29;2*3-1(4)2(5)6/h3-11,19,25,27,31H,2,12-18,20H2,1H3;2*(H,3,4)(H,5,6). The van der Waals surface area contributed by atoms with E-state index in [-0.39, 0.29) is 0 Å². The van der Waals surface area contributed by atoms with Crippen molar-refractivity contribution < 1.29 is 49.4 Å². The number of rotatable bonds is 10. The number of nitrogens with one attached hydrogen (secondary N) is 1. The van der Waals surface area contributed by atoms with E-state index >= 15 is 0 Å². The first-order valence-corrected chi connectivity index (χ1v) is 13.8. The van der Waals surface area contributed by atoms with Gasteiger partial charge < -0.3 is 35.6 Å². The zero-order valence-electron chi connectivity index (χ0n) is 24.3. The maximum absolute atomic E-state index is 10.5. The minimum atomic E-state index is -1.82. The highest BCUT2D eigenvalue weighted by atomic mass is 16.5. The van der Waals surface area contributed by atoms with E-state index in [9.17, 15) is 5.11 Å². The number of aliphatic carboxylic acids is 4. The van der Waals surface area contributed by atoms with Crippen LogP contribution in [0, 0.1) is 0 Å². The minimum Gasteiger partial charge on any atom is -0.473 e. The van der Waals surface area contributed by atoms with Gasteiger partial charge in [0.05, 0.1) is 31.6 Å². The van der Waals surface area contributed by atoms with Crippen molar-refractivity contribution in [3.8, 4) is 11.3 Å². The highest BCUT2D eigenvalue weighted by molar-refractivity contribution is 6.27. The van der Waals surface area contributed by atoms with Crippen LogP contribution in [-0.2, 0) is 43.4 Å². The fourth-order valence-electron chi connectivity index (χ4n) is 4.10. The van der Waals surface area contributed by atoms with E-state index in [1.54, 1.807) is 0 Å². The first kappa shape index (κ1) is 35.6. The lowest BCUT2D eigenvalue weighted by Gasteiger charge is -2.28. The molecule has 2 aromatic carbocycles. The Morgan fingerprint density at radius 2 is 1.43 bits per heavy atom. The minimum absolute atomic E-state index is 0.403. The second-order valence-corrected chi connectivity index (χ2v) is 9.65. The summed E-state index contributed by atoms with van der Waals surface area (Å²) in [7, 11) is 0. The average molecular weight is 615 g/mol. The van der Waals surface area contributed by atoms with Crippen LogP contribution in [-0.4, -0.2) is 110 Å². The third-order valence-electron chi connectivity index (χ3n) is 6.29. The van der Waals surface area contributed by atoms with Gasteiger partial charge in [0, 0.05) is 50.0 Å². The van der Waals surface area contributed by atoms with Gasteiger partial charge in [0.25, 0.3) is 0 Å². The van der Waals surface area contributed by atoms with E-state index in [1.165, 1.54) is 11.1 Å². The Balaban J connectivity index is 0.000000477. The molecule has 1 aromatic heterocycles. The van der Waals surface area contributed by atoms with Crippen molar-refractivity contribution in [2.24, 2.45) is 0 Å². The van der Waals surface area contributed by atoms with Crippen LogP contribution in [0.15, 0.2) is 60.8 Å². The van der Waals surface area contributed by atoms with E-state index in [0.717, 1.165) is 56.1 Å². The lowest BCUT2D eigenvalue weighted by Crippen LogP contribution is -2.43. The summed E-state index contributed by atoms with van der Waals surface area (Å²) in [6, 6.07) is 19.1. The normalized spacial score (nSPS) is 13.4. The number of carbonyl (C=O) groups is 4. The number of morpholine rings is 1. The second kappa shape index (κ2) is 18.8. The summed E-state index contributed by atoms with van der Waals surface area (Å²) >= 11 is 0. The number of aliphatic hydroxyl groups is 1. The fourth-order valence-corrected chi connectivity index (χ4v) is 4.10. The molecule has 1 unspecified atom stereocenters. The van der Waals surface area contributed by atoms with E-state index in [0.29, 0.717) is 19.6 Å². The average Bonchev–Trinajstić information content (AvgIpc) is 3.40. The van der Waals surface area contributed by atoms with Crippen molar-refractivity contribution in [1.29, 1.82) is 0 Å². The zero-order chi connectivity index (χ0) is 32.5. The first-order valence-electron chi connectivity index (χ1n) is 13.8. The summed E-state index contributed by atoms with van der Waals surface area (Å²) in [6.07, 6.45) is 2.75. The van der Waals surface area contributed by atoms with Gasteiger partial charge in [-0.1, -0.05) is 61.5 Å². The van der Waals surface area contributed by atoms with Crippen molar-refractivity contribution in [3.63, 3.8) is 0 Å². The van der Waals surface area contributed by atoms with E-state index < -0.39 is 30.0 Å². The van der Waals surface area contributed by atoms with Gasteiger partial charge >= 0.3 is 23.9 Å². The Labute approximate surface area is 254 Å². The smallest absolute Gasteiger partial charge is 0.414 e. The number of aromatic nitrogens is 2. The summed E-state index contributed by atoms with van der Waals surface area (Å²) in [4.78, 5) is 38.7. The maximum atomic E-state index is 10.5. The van der Waals surface area contributed by atoms with Gasteiger partial charge in [-0.15, -0.1) is 0 Å². The van der Waals surface area contributed by atoms with Crippen molar-refractivity contribution in [2.45, 2.75) is 32.5 Å². The Morgan fingerprint density at radius 3 is 1.95 bits per heavy atom. The van der Waals surface area contributed by atoms with Gasteiger partial charge in [-0.25, -0.2) is 19.2 Å². The van der Waals surface area contributed by atoms with Crippen molar-refractivity contribution in [3.05, 3.63) is 77.5 Å². The molecule has 2 heterocycles. The topological polar surface area (TPSA) is 212 Å². The number of benzene rings is 2. The van der Waals surface area contributed by atoms with Crippen LogP contribution in [0.4, 0.5) is 0 Å². The lowest BCUT2D eigenvalue weighted by atomic mass is 10.0. The Morgan fingerprint density at radius 1 is 0.864 bits per heavy atom. The number of ether oxygens (including phenoxy) is 1. The predicted molar refractivity (Wildman–Crippen MR) is 158 cm³/mol. The summed E-state index contributed by atoms with van der Waals surface area (Å²) < 4.78 is 7.40. The largest absolute Gasteiger partial charge is 0.473 e. The maximum Gasteiger partial charge on any atom is 0.414 e. The zero-order valence-corrected chi connectivity index (χ0v) is 24.3. The third kappa shape index (κ3) is 13.1. The molecule has 0 amide bonds. The molecule has 0 spiro atoms. The second-order valence-electron chi connectivity index (χ2n) is 9.65. The Bertz CT molecular complexity index is 1290. The van der Waals surface area contributed by atoms with Gasteiger partial charge in [-0.2, -0.15) is 5.10 Å². The number of hydrogen-bond donors (Lipinski definition) is 6. The molecule has 6 N–H and O–H groups in total. The molecule has 0 radical (unpaired) electrons. The number of carboxylic acids is 4. The van der Waals surface area contributed by atoms with Gasteiger partial charge in [-0.3, -0.25) is 9.58 Å². The van der Waals surface area contributed by atoms with Gasteiger partial charge in [0.2, 0.25) is 0 Å². The van der Waals surface area contributed by atoms with Crippen LogP contribution in [0.25, 0.3) is 11.3 Å². The predicted octanol–water partition coefficient (Wildman–Crippen LogP) is 1.25. The number of nitrogens with zero attached hydrogens (tertiary/aromatic N) is 3. The number of aryl methyl sites for hydroxylation is 1. The molecule has 0 saturated carbocycles. The molecule has 1 aliphatic rings. The third-order valence-corrected chi connectivity index (χ3v) is 6.29. The van der Waals surface area contributed by atoms with Crippen molar-refractivity contribution in [2.75, 3.05) is 39.4 Å². The molecular weight excluding hydrogens is 576 g/mol. The van der Waals surface area contributed by atoms with Crippen molar-refractivity contribution >= 4 is 23.9 Å². The van der Waals surface area contributed by atoms with Gasteiger partial charge in [0.1, 0.15) is 0 Å². The SMILES string of the molecule is CCc1ccc(-c2nn(Cc3ccccc3)cc2CNCC(O)CN2CCOCC2)cc1.O=C(O)C(=O)O.O=C(O)C(=O)O. The molecule has 4 rings (SSSR count). The number of carboxylic acid groups (broad SMARTS) is 4. The van der Waals surface area contributed by atoms with Crippen molar-refractivity contribution in [1.82, 2.24) is 20.0 Å². The van der Waals surface area contributed by atoms with Crippen LogP contribution in [0.1, 0.15) is 23.6 Å².